The van der Waals surface area contributed by atoms with E-state index in [2.05, 4.69) is 155 Å². The van der Waals surface area contributed by atoms with Gasteiger partial charge in [-0.1, -0.05) is 115 Å². The van der Waals surface area contributed by atoms with Crippen molar-refractivity contribution in [2.45, 2.75) is 18.8 Å². The molecule has 12 rings (SSSR count). The van der Waals surface area contributed by atoms with Gasteiger partial charge in [0.2, 0.25) is 0 Å². The molecule has 2 aliphatic carbocycles. The fourth-order valence-corrected chi connectivity index (χ4v) is 9.28. The molecule has 0 amide bonds. The third-order valence-electron chi connectivity index (χ3n) is 11.5. The van der Waals surface area contributed by atoms with E-state index in [1.165, 1.54) is 88.1 Å². The average molecular weight is 624 g/mol. The first-order chi connectivity index (χ1) is 24.3. The van der Waals surface area contributed by atoms with Crippen LogP contribution >= 0.6 is 0 Å². The van der Waals surface area contributed by atoms with E-state index in [0.717, 1.165) is 24.2 Å². The lowest BCUT2D eigenvalue weighted by Crippen LogP contribution is -2.20. The van der Waals surface area contributed by atoms with Crippen LogP contribution in [0, 0.1) is 0 Å². The van der Waals surface area contributed by atoms with Gasteiger partial charge in [-0.2, -0.15) is 0 Å². The van der Waals surface area contributed by atoms with Gasteiger partial charge in [0.1, 0.15) is 5.82 Å². The van der Waals surface area contributed by atoms with E-state index in [9.17, 15) is 0 Å². The highest BCUT2D eigenvalue weighted by Crippen LogP contribution is 2.57. The Morgan fingerprint density at radius 1 is 0.531 bits per heavy atom. The Morgan fingerprint density at radius 3 is 1.86 bits per heavy atom. The van der Waals surface area contributed by atoms with Crippen LogP contribution in [0.25, 0.3) is 82.5 Å². The summed E-state index contributed by atoms with van der Waals surface area (Å²) in [5.41, 5.74) is 15.5. The predicted octanol–water partition coefficient (Wildman–Crippen LogP) is 11.7. The maximum absolute atomic E-state index is 5.52. The van der Waals surface area contributed by atoms with Crippen molar-refractivity contribution in [2.24, 2.45) is 0 Å². The van der Waals surface area contributed by atoms with Gasteiger partial charge in [0.15, 0.2) is 0 Å². The fourth-order valence-electron chi connectivity index (χ4n) is 9.28. The van der Waals surface area contributed by atoms with Crippen molar-refractivity contribution in [3.8, 4) is 22.5 Å². The second kappa shape index (κ2) is 9.24. The molecule has 2 aromatic heterocycles. The summed E-state index contributed by atoms with van der Waals surface area (Å²) in [6.07, 6.45) is 4.61. The number of nitrogens with zero attached hydrogens (tertiary/aromatic N) is 3. The number of allylic oxidation sites excluding steroid dienone is 4. The molecule has 9 aromatic rings. The van der Waals surface area contributed by atoms with Gasteiger partial charge in [0.25, 0.3) is 0 Å². The predicted molar refractivity (Wildman–Crippen MR) is 203 cm³/mol. The summed E-state index contributed by atoms with van der Waals surface area (Å²) in [5, 5.41) is 7.61. The maximum Gasteiger partial charge on any atom is 0.142 e. The van der Waals surface area contributed by atoms with Gasteiger partial charge in [0, 0.05) is 33.2 Å². The van der Waals surface area contributed by atoms with E-state index in [4.69, 9.17) is 4.98 Å². The monoisotopic (exact) mass is 623 g/mol. The van der Waals surface area contributed by atoms with Crippen molar-refractivity contribution in [2.75, 3.05) is 0 Å². The first kappa shape index (κ1) is 25.8. The quantitative estimate of drug-likeness (QED) is 0.176. The van der Waals surface area contributed by atoms with Crippen LogP contribution in [0.2, 0.25) is 0 Å². The Balaban J connectivity index is 1.07. The van der Waals surface area contributed by atoms with E-state index in [-0.39, 0.29) is 0 Å². The van der Waals surface area contributed by atoms with E-state index < -0.39 is 0 Å². The normalized spacial score (nSPS) is 16.2. The second-order valence-corrected chi connectivity index (χ2v) is 13.8. The number of rotatable bonds is 2. The van der Waals surface area contributed by atoms with Crippen molar-refractivity contribution >= 4 is 60.0 Å². The molecule has 3 aliphatic rings. The SMILES string of the molecule is C1=C2CCC3=C1[C@H]2c1cc(-c2ccc(-n4c5ccccc5c5ccccc54)cc2)ccc1-n1c3nc2c3ccccc3c3ccccc3c21. The molecule has 0 saturated carbocycles. The second-order valence-electron chi connectivity index (χ2n) is 13.8. The van der Waals surface area contributed by atoms with Crippen LogP contribution in [0.4, 0.5) is 0 Å². The standard InChI is InChI=1S/C46H29N3/c1-3-13-35-31(9-1)32-10-2-4-14-36(32)45-44(35)47-46-37-23-19-29-26-38(37)43(29)39-25-28(20-24-42(39)49(45)46)27-17-21-30(22-18-27)48-40-15-7-5-11-33(40)34-12-6-8-16-41(34)48/h1-18,20-22,24-26,43H,19,23H2/t43-/m0/s1. The van der Waals surface area contributed by atoms with E-state index in [1.54, 1.807) is 5.57 Å². The van der Waals surface area contributed by atoms with Gasteiger partial charge in [-0.3, -0.25) is 4.57 Å². The van der Waals surface area contributed by atoms with Crippen LogP contribution in [0.1, 0.15) is 30.1 Å². The Hall–Kier alpha value is -6.19. The summed E-state index contributed by atoms with van der Waals surface area (Å²) in [7, 11) is 0. The molecular weight excluding hydrogens is 595 g/mol. The highest BCUT2D eigenvalue weighted by atomic mass is 15.1. The Morgan fingerprint density at radius 2 is 1.14 bits per heavy atom. The molecule has 0 spiro atoms. The van der Waals surface area contributed by atoms with E-state index >= 15 is 0 Å². The molecule has 1 aliphatic heterocycles. The van der Waals surface area contributed by atoms with Gasteiger partial charge in [-0.15, -0.1) is 0 Å². The van der Waals surface area contributed by atoms with Crippen LogP contribution in [-0.4, -0.2) is 14.1 Å². The molecule has 228 valence electrons. The smallest absolute Gasteiger partial charge is 0.142 e. The number of para-hydroxylation sites is 2. The van der Waals surface area contributed by atoms with Crippen molar-refractivity contribution in [3.05, 3.63) is 168 Å². The highest BCUT2D eigenvalue weighted by Gasteiger charge is 2.41. The number of fused-ring (bicyclic) bond motifs is 16. The summed E-state index contributed by atoms with van der Waals surface area (Å²) < 4.78 is 4.90. The van der Waals surface area contributed by atoms with Crippen LogP contribution < -0.4 is 0 Å². The van der Waals surface area contributed by atoms with Crippen LogP contribution in [0.5, 0.6) is 0 Å². The molecular formula is C46H29N3. The molecule has 0 fully saturated rings. The zero-order valence-corrected chi connectivity index (χ0v) is 26.7. The molecule has 3 heterocycles. The van der Waals surface area contributed by atoms with Crippen molar-refractivity contribution < 1.29 is 0 Å². The molecule has 49 heavy (non-hydrogen) atoms. The largest absolute Gasteiger partial charge is 0.309 e. The number of benzene rings is 7. The lowest BCUT2D eigenvalue weighted by atomic mass is 9.66. The van der Waals surface area contributed by atoms with E-state index in [0.29, 0.717) is 5.92 Å². The van der Waals surface area contributed by atoms with Gasteiger partial charge in [-0.05, 0) is 87.8 Å². The lowest BCUT2D eigenvalue weighted by molar-refractivity contribution is 0.757. The molecule has 0 N–H and O–H groups in total. The van der Waals surface area contributed by atoms with Crippen molar-refractivity contribution in [1.29, 1.82) is 0 Å². The average Bonchev–Trinajstić information content (AvgIpc) is 3.71. The third-order valence-corrected chi connectivity index (χ3v) is 11.5. The Bertz CT molecular complexity index is 2930. The maximum atomic E-state index is 5.52. The summed E-state index contributed by atoms with van der Waals surface area (Å²) in [5.74, 6) is 1.47. The minimum absolute atomic E-state index is 0.346. The summed E-state index contributed by atoms with van der Waals surface area (Å²) >= 11 is 0. The molecule has 0 unspecified atom stereocenters. The Kier molecular flexibility index (Phi) is 4.87. The molecule has 0 saturated heterocycles. The zero-order valence-electron chi connectivity index (χ0n) is 26.7. The van der Waals surface area contributed by atoms with Gasteiger partial charge < -0.3 is 4.57 Å². The first-order valence-electron chi connectivity index (χ1n) is 17.3. The first-order valence-corrected chi connectivity index (χ1v) is 17.3. The van der Waals surface area contributed by atoms with E-state index in [1.807, 2.05) is 0 Å². The molecule has 7 aromatic carbocycles. The molecule has 0 radical (unpaired) electrons. The molecule has 1 atom stereocenters. The molecule has 2 bridgehead atoms. The Labute approximate surface area is 282 Å². The zero-order chi connectivity index (χ0) is 31.8. The van der Waals surface area contributed by atoms with Gasteiger partial charge in [-0.25, -0.2) is 4.98 Å². The van der Waals surface area contributed by atoms with Crippen molar-refractivity contribution in [3.63, 3.8) is 0 Å². The molecule has 3 heteroatoms. The highest BCUT2D eigenvalue weighted by molar-refractivity contribution is 6.24. The summed E-state index contributed by atoms with van der Waals surface area (Å²) in [6.45, 7) is 0. The summed E-state index contributed by atoms with van der Waals surface area (Å²) in [6, 6.07) is 51.4. The van der Waals surface area contributed by atoms with Crippen molar-refractivity contribution in [1.82, 2.24) is 14.1 Å². The number of imidazole rings is 1. The summed E-state index contributed by atoms with van der Waals surface area (Å²) in [4.78, 5) is 5.52. The number of aromatic nitrogens is 3. The number of hydrogen-bond donors (Lipinski definition) is 0. The van der Waals surface area contributed by atoms with Crippen LogP contribution in [0.15, 0.2) is 157 Å². The topological polar surface area (TPSA) is 22.8 Å². The van der Waals surface area contributed by atoms with Gasteiger partial charge in [0.05, 0.1) is 27.8 Å². The number of hydrogen-bond acceptors (Lipinski definition) is 1. The third kappa shape index (κ3) is 3.29. The fraction of sp³-hybridized carbons (Fsp3) is 0.0652. The van der Waals surface area contributed by atoms with Crippen LogP contribution in [-0.2, 0) is 0 Å². The lowest BCUT2D eigenvalue weighted by Gasteiger charge is -2.37. The van der Waals surface area contributed by atoms with Gasteiger partial charge >= 0.3 is 0 Å². The minimum Gasteiger partial charge on any atom is -0.309 e. The van der Waals surface area contributed by atoms with Crippen LogP contribution in [0.3, 0.4) is 0 Å². The molecule has 3 nitrogen and oxygen atoms in total. The minimum atomic E-state index is 0.346.